The molecule has 0 aliphatic carbocycles. The summed E-state index contributed by atoms with van der Waals surface area (Å²) in [6.07, 6.45) is 3.51. The average molecular weight is 312 g/mol. The van der Waals surface area contributed by atoms with Crippen LogP contribution in [0.3, 0.4) is 0 Å². The Bertz CT molecular complexity index is 878. The minimum absolute atomic E-state index is 0.158. The summed E-state index contributed by atoms with van der Waals surface area (Å²) < 4.78 is 18.3. The predicted molar refractivity (Wildman–Crippen MR) is 82.7 cm³/mol. The normalized spacial score (nSPS) is 11.2. The minimum atomic E-state index is -0.603. The zero-order chi connectivity index (χ0) is 16.4. The van der Waals surface area contributed by atoms with Crippen molar-refractivity contribution in [3.63, 3.8) is 0 Å². The Balaban J connectivity index is 1.93. The largest absolute Gasteiger partial charge is 0.364 e. The van der Waals surface area contributed by atoms with Crippen LogP contribution in [0, 0.1) is 12.7 Å². The van der Waals surface area contributed by atoms with Gasteiger partial charge in [-0.05, 0) is 49.4 Å². The zero-order valence-corrected chi connectivity index (χ0v) is 12.2. The fraction of sp³-hybridized carbons (Fsp3) is 0.0625. The number of hydrogen-bond acceptors (Lipinski definition) is 4. The van der Waals surface area contributed by atoms with Gasteiger partial charge in [-0.1, -0.05) is 5.16 Å². The van der Waals surface area contributed by atoms with E-state index in [0.717, 1.165) is 11.1 Å². The molecule has 1 amide bonds. The Hall–Kier alpha value is -3.22. The van der Waals surface area contributed by atoms with Crippen LogP contribution in [-0.4, -0.2) is 21.3 Å². The highest BCUT2D eigenvalue weighted by molar-refractivity contribution is 5.91. The fourth-order valence-corrected chi connectivity index (χ4v) is 2.11. The molecule has 0 aliphatic heterocycles. The predicted octanol–water partition coefficient (Wildman–Crippen LogP) is 2.78. The van der Waals surface area contributed by atoms with Crippen LogP contribution < -0.4 is 5.73 Å². The van der Waals surface area contributed by atoms with Gasteiger partial charge in [0.25, 0.3) is 5.91 Å². The molecule has 0 saturated carbocycles. The van der Waals surface area contributed by atoms with Crippen molar-refractivity contribution in [2.45, 2.75) is 6.92 Å². The Labute approximate surface area is 130 Å². The van der Waals surface area contributed by atoms with Crippen LogP contribution in [0.1, 0.15) is 27.5 Å². The van der Waals surface area contributed by atoms with Crippen molar-refractivity contribution in [2.24, 2.45) is 5.73 Å². The third-order valence-electron chi connectivity index (χ3n) is 3.31. The number of aromatic nitrogens is 3. The summed E-state index contributed by atoms with van der Waals surface area (Å²) in [6, 6.07) is 7.53. The van der Waals surface area contributed by atoms with E-state index in [9.17, 15) is 9.18 Å². The van der Waals surface area contributed by atoms with E-state index in [0.29, 0.717) is 17.1 Å². The third-order valence-corrected chi connectivity index (χ3v) is 3.31. The van der Waals surface area contributed by atoms with Crippen LogP contribution in [0.2, 0.25) is 0 Å². The van der Waals surface area contributed by atoms with Gasteiger partial charge in [0.15, 0.2) is 0 Å². The first-order chi connectivity index (χ1) is 11.0. The van der Waals surface area contributed by atoms with Gasteiger partial charge in [0, 0.05) is 11.1 Å². The lowest BCUT2D eigenvalue weighted by molar-refractivity contribution is 0.0995. The van der Waals surface area contributed by atoms with Crippen LogP contribution in [-0.2, 0) is 0 Å². The van der Waals surface area contributed by atoms with Gasteiger partial charge >= 0.3 is 0 Å². The number of amides is 1. The van der Waals surface area contributed by atoms with Gasteiger partial charge in [-0.3, -0.25) is 9.89 Å². The molecule has 2 aromatic heterocycles. The van der Waals surface area contributed by atoms with E-state index in [-0.39, 0.29) is 11.5 Å². The van der Waals surface area contributed by atoms with E-state index in [1.807, 2.05) is 0 Å². The summed E-state index contributed by atoms with van der Waals surface area (Å²) in [7, 11) is 0. The summed E-state index contributed by atoms with van der Waals surface area (Å²) in [5.41, 5.74) is 8.03. The second-order valence-corrected chi connectivity index (χ2v) is 4.91. The smallest absolute Gasteiger partial charge is 0.269 e. The van der Waals surface area contributed by atoms with Crippen molar-refractivity contribution >= 4 is 18.1 Å². The Morgan fingerprint density at radius 1 is 1.30 bits per heavy atom. The molecule has 116 valence electrons. The number of carbonyl (C=O) groups is 1. The molecule has 3 N–H and O–H groups in total. The van der Waals surface area contributed by atoms with Crippen LogP contribution >= 0.6 is 0 Å². The van der Waals surface area contributed by atoms with Crippen molar-refractivity contribution in [2.75, 3.05) is 0 Å². The van der Waals surface area contributed by atoms with E-state index in [1.165, 1.54) is 12.1 Å². The van der Waals surface area contributed by atoms with Gasteiger partial charge < -0.3 is 10.3 Å². The second kappa shape index (κ2) is 5.88. The molecule has 0 bridgehead atoms. The summed E-state index contributed by atoms with van der Waals surface area (Å²) >= 11 is 0. The second-order valence-electron chi connectivity index (χ2n) is 4.91. The van der Waals surface area contributed by atoms with E-state index in [4.69, 9.17) is 10.3 Å². The van der Waals surface area contributed by atoms with Crippen LogP contribution in [0.5, 0.6) is 0 Å². The van der Waals surface area contributed by atoms with Crippen LogP contribution in [0.15, 0.2) is 34.9 Å². The molecule has 0 radical (unpaired) electrons. The number of nitrogens with two attached hydrogens (primary N) is 1. The van der Waals surface area contributed by atoms with E-state index in [2.05, 4.69) is 15.4 Å². The Morgan fingerprint density at radius 2 is 2.04 bits per heavy atom. The SMILES string of the molecule is Cc1onc(-c2ccc(F)cc2)c1C=Cc1cc(C(N)=O)n[nH]1. The molecule has 0 fully saturated rings. The number of carbonyl (C=O) groups excluding carboxylic acids is 1. The molecule has 1 aromatic carbocycles. The number of nitrogens with one attached hydrogen (secondary N) is 1. The lowest BCUT2D eigenvalue weighted by Crippen LogP contribution is -2.10. The lowest BCUT2D eigenvalue weighted by atomic mass is 10.1. The van der Waals surface area contributed by atoms with E-state index < -0.39 is 5.91 Å². The molecular formula is C16H13FN4O2. The first-order valence-corrected chi connectivity index (χ1v) is 6.80. The summed E-state index contributed by atoms with van der Waals surface area (Å²) in [5.74, 6) is -0.299. The third kappa shape index (κ3) is 3.03. The fourth-order valence-electron chi connectivity index (χ4n) is 2.11. The maximum absolute atomic E-state index is 13.0. The number of H-pyrrole nitrogens is 1. The Morgan fingerprint density at radius 3 is 2.70 bits per heavy atom. The molecule has 6 nitrogen and oxygen atoms in total. The molecule has 7 heteroatoms. The molecule has 3 rings (SSSR count). The maximum Gasteiger partial charge on any atom is 0.269 e. The molecular weight excluding hydrogens is 299 g/mol. The molecule has 0 aliphatic rings. The molecule has 3 aromatic rings. The van der Waals surface area contributed by atoms with Crippen molar-refractivity contribution in [1.82, 2.24) is 15.4 Å². The van der Waals surface area contributed by atoms with Crippen molar-refractivity contribution in [1.29, 1.82) is 0 Å². The molecule has 0 spiro atoms. The topological polar surface area (TPSA) is 97.8 Å². The van der Waals surface area contributed by atoms with Crippen LogP contribution in [0.25, 0.3) is 23.4 Å². The highest BCUT2D eigenvalue weighted by Crippen LogP contribution is 2.27. The first-order valence-electron chi connectivity index (χ1n) is 6.80. The number of aryl methyl sites for hydroxylation is 1. The number of halogens is 1. The molecule has 0 unspecified atom stereocenters. The van der Waals surface area contributed by atoms with Gasteiger partial charge in [0.05, 0.1) is 5.69 Å². The number of aromatic amines is 1. The number of hydrogen-bond donors (Lipinski definition) is 2. The number of nitrogens with zero attached hydrogens (tertiary/aromatic N) is 2. The van der Waals surface area contributed by atoms with Gasteiger partial charge in [-0.2, -0.15) is 5.10 Å². The highest BCUT2D eigenvalue weighted by Gasteiger charge is 2.12. The first kappa shape index (κ1) is 14.7. The molecule has 0 atom stereocenters. The molecule has 2 heterocycles. The standard InChI is InChI=1S/C16H13FN4O2/c1-9-13(7-6-12-8-14(16(18)22)20-19-12)15(21-23-9)10-2-4-11(17)5-3-10/h2-8H,1H3,(H2,18,22)(H,19,20). The van der Waals surface area contributed by atoms with E-state index >= 15 is 0 Å². The Kier molecular flexibility index (Phi) is 3.76. The van der Waals surface area contributed by atoms with Crippen molar-refractivity contribution in [3.8, 4) is 11.3 Å². The van der Waals surface area contributed by atoms with Gasteiger partial charge in [0.2, 0.25) is 0 Å². The van der Waals surface area contributed by atoms with Gasteiger partial charge in [-0.15, -0.1) is 0 Å². The minimum Gasteiger partial charge on any atom is -0.364 e. The summed E-state index contributed by atoms with van der Waals surface area (Å²) in [4.78, 5) is 11.0. The van der Waals surface area contributed by atoms with Crippen molar-refractivity contribution < 1.29 is 13.7 Å². The van der Waals surface area contributed by atoms with E-state index in [1.54, 1.807) is 37.3 Å². The number of rotatable bonds is 4. The van der Waals surface area contributed by atoms with Gasteiger partial charge in [-0.25, -0.2) is 4.39 Å². The number of primary amides is 1. The summed E-state index contributed by atoms with van der Waals surface area (Å²) in [5, 5.41) is 10.5. The zero-order valence-electron chi connectivity index (χ0n) is 12.2. The van der Waals surface area contributed by atoms with Crippen molar-refractivity contribution in [3.05, 3.63) is 58.9 Å². The molecule has 0 saturated heterocycles. The van der Waals surface area contributed by atoms with Crippen LogP contribution in [0.4, 0.5) is 4.39 Å². The summed E-state index contributed by atoms with van der Waals surface area (Å²) in [6.45, 7) is 1.78. The lowest BCUT2D eigenvalue weighted by Gasteiger charge is -1.98. The maximum atomic E-state index is 13.0. The molecule has 23 heavy (non-hydrogen) atoms. The van der Waals surface area contributed by atoms with Gasteiger partial charge in [0.1, 0.15) is 23.0 Å². The monoisotopic (exact) mass is 312 g/mol. The quantitative estimate of drug-likeness (QED) is 0.774. The average Bonchev–Trinajstić information content (AvgIpc) is 3.13. The number of benzene rings is 1. The highest BCUT2D eigenvalue weighted by atomic mass is 19.1.